The zero-order valence-corrected chi connectivity index (χ0v) is 11.3. The largest absolute Gasteiger partial charge is 0.339 e. The Bertz CT molecular complexity index is 409. The van der Waals surface area contributed by atoms with Gasteiger partial charge in [0.25, 0.3) is 5.91 Å². The van der Waals surface area contributed by atoms with E-state index >= 15 is 0 Å². The molecular formula is C15H22N2O. The average Bonchev–Trinajstić information content (AvgIpc) is 2.89. The lowest BCUT2D eigenvalue weighted by atomic mass is 10.1. The van der Waals surface area contributed by atoms with E-state index in [9.17, 15) is 4.79 Å². The van der Waals surface area contributed by atoms with Crippen LogP contribution in [0.1, 0.15) is 42.6 Å². The number of carbonyl (C=O) groups is 1. The Hall–Kier alpha value is -1.35. The average molecular weight is 246 g/mol. The summed E-state index contributed by atoms with van der Waals surface area (Å²) in [5, 5.41) is 3.38. The monoisotopic (exact) mass is 246 g/mol. The molecule has 1 saturated heterocycles. The summed E-state index contributed by atoms with van der Waals surface area (Å²) in [5.74, 6) is 0.189. The maximum Gasteiger partial charge on any atom is 0.254 e. The first-order valence-electron chi connectivity index (χ1n) is 6.79. The normalized spacial score (nSPS) is 15.4. The van der Waals surface area contributed by atoms with Gasteiger partial charge in [0.05, 0.1) is 0 Å². The van der Waals surface area contributed by atoms with Crippen LogP contribution in [-0.2, 0) is 6.54 Å². The first-order chi connectivity index (χ1) is 8.68. The van der Waals surface area contributed by atoms with Crippen molar-refractivity contribution in [3.63, 3.8) is 0 Å². The molecule has 0 radical (unpaired) electrons. The highest BCUT2D eigenvalue weighted by Crippen LogP contribution is 2.16. The maximum absolute atomic E-state index is 12.4. The smallest absolute Gasteiger partial charge is 0.254 e. The van der Waals surface area contributed by atoms with E-state index in [1.807, 2.05) is 29.2 Å². The fraction of sp³-hybridized carbons (Fsp3) is 0.533. The van der Waals surface area contributed by atoms with Crippen molar-refractivity contribution in [1.82, 2.24) is 10.2 Å². The Kier molecular flexibility index (Phi) is 4.37. The molecule has 0 saturated carbocycles. The van der Waals surface area contributed by atoms with E-state index in [4.69, 9.17) is 0 Å². The van der Waals surface area contributed by atoms with Crippen molar-refractivity contribution in [2.45, 2.75) is 39.3 Å². The number of amides is 1. The minimum absolute atomic E-state index is 0.189. The maximum atomic E-state index is 12.4. The molecule has 1 aromatic carbocycles. The standard InChI is InChI=1S/C15H22N2O/c1-12(2)16-11-13-7-3-4-8-14(13)15(18)17-9-5-6-10-17/h3-4,7-8,12,16H,5-6,9-11H2,1-2H3. The summed E-state index contributed by atoms with van der Waals surface area (Å²) < 4.78 is 0. The van der Waals surface area contributed by atoms with Gasteiger partial charge in [-0.1, -0.05) is 32.0 Å². The molecule has 1 fully saturated rings. The van der Waals surface area contributed by atoms with Crippen LogP contribution < -0.4 is 5.32 Å². The van der Waals surface area contributed by atoms with Gasteiger partial charge >= 0.3 is 0 Å². The van der Waals surface area contributed by atoms with Gasteiger partial charge in [-0.05, 0) is 24.5 Å². The molecule has 18 heavy (non-hydrogen) atoms. The third kappa shape index (κ3) is 3.10. The minimum atomic E-state index is 0.189. The second-order valence-electron chi connectivity index (χ2n) is 5.19. The lowest BCUT2D eigenvalue weighted by molar-refractivity contribution is 0.0791. The predicted molar refractivity (Wildman–Crippen MR) is 73.6 cm³/mol. The summed E-state index contributed by atoms with van der Waals surface area (Å²) in [7, 11) is 0. The quantitative estimate of drug-likeness (QED) is 0.885. The van der Waals surface area contributed by atoms with Crippen LogP contribution in [0, 0.1) is 0 Å². The summed E-state index contributed by atoms with van der Waals surface area (Å²) in [6, 6.07) is 8.36. The van der Waals surface area contributed by atoms with Gasteiger partial charge < -0.3 is 10.2 Å². The zero-order valence-electron chi connectivity index (χ0n) is 11.3. The Morgan fingerprint density at radius 2 is 1.94 bits per heavy atom. The molecule has 1 aliphatic rings. The molecule has 1 aliphatic heterocycles. The topological polar surface area (TPSA) is 32.3 Å². The van der Waals surface area contributed by atoms with E-state index in [0.717, 1.165) is 43.6 Å². The van der Waals surface area contributed by atoms with Gasteiger partial charge in [0.15, 0.2) is 0 Å². The van der Waals surface area contributed by atoms with Gasteiger partial charge in [-0.15, -0.1) is 0 Å². The molecule has 3 heteroatoms. The summed E-state index contributed by atoms with van der Waals surface area (Å²) in [6.07, 6.45) is 2.27. The van der Waals surface area contributed by atoms with Gasteiger partial charge in [0.1, 0.15) is 0 Å². The summed E-state index contributed by atoms with van der Waals surface area (Å²) in [5.41, 5.74) is 1.95. The molecule has 0 bridgehead atoms. The zero-order chi connectivity index (χ0) is 13.0. The molecule has 1 amide bonds. The van der Waals surface area contributed by atoms with E-state index in [2.05, 4.69) is 19.2 Å². The number of benzene rings is 1. The van der Waals surface area contributed by atoms with Crippen molar-refractivity contribution in [3.05, 3.63) is 35.4 Å². The highest BCUT2D eigenvalue weighted by molar-refractivity contribution is 5.95. The third-order valence-electron chi connectivity index (χ3n) is 3.34. The van der Waals surface area contributed by atoms with Crippen LogP contribution in [0.4, 0.5) is 0 Å². The highest BCUT2D eigenvalue weighted by atomic mass is 16.2. The molecule has 0 spiro atoms. The first-order valence-corrected chi connectivity index (χ1v) is 6.79. The molecule has 0 aromatic heterocycles. The van der Waals surface area contributed by atoms with Crippen molar-refractivity contribution in [3.8, 4) is 0 Å². The van der Waals surface area contributed by atoms with Gasteiger partial charge in [-0.25, -0.2) is 0 Å². The molecule has 0 unspecified atom stereocenters. The van der Waals surface area contributed by atoms with Crippen molar-refractivity contribution < 1.29 is 4.79 Å². The highest BCUT2D eigenvalue weighted by Gasteiger charge is 2.21. The molecule has 98 valence electrons. The molecular weight excluding hydrogens is 224 g/mol. The number of rotatable bonds is 4. The van der Waals surface area contributed by atoms with E-state index in [1.54, 1.807) is 0 Å². The van der Waals surface area contributed by atoms with E-state index in [-0.39, 0.29) is 5.91 Å². The minimum Gasteiger partial charge on any atom is -0.339 e. The fourth-order valence-corrected chi connectivity index (χ4v) is 2.29. The Morgan fingerprint density at radius 1 is 1.28 bits per heavy atom. The second-order valence-corrected chi connectivity index (χ2v) is 5.19. The Labute approximate surface area is 109 Å². The van der Waals surface area contributed by atoms with Gasteiger partial charge in [-0.2, -0.15) is 0 Å². The van der Waals surface area contributed by atoms with Crippen LogP contribution in [0.3, 0.4) is 0 Å². The van der Waals surface area contributed by atoms with E-state index in [1.165, 1.54) is 0 Å². The molecule has 0 atom stereocenters. The fourth-order valence-electron chi connectivity index (χ4n) is 2.29. The molecule has 1 aromatic rings. The van der Waals surface area contributed by atoms with Crippen LogP contribution >= 0.6 is 0 Å². The number of nitrogens with one attached hydrogen (secondary N) is 1. The van der Waals surface area contributed by atoms with Crippen LogP contribution in [0.5, 0.6) is 0 Å². The number of nitrogens with zero attached hydrogens (tertiary/aromatic N) is 1. The third-order valence-corrected chi connectivity index (χ3v) is 3.34. The lowest BCUT2D eigenvalue weighted by Crippen LogP contribution is -2.30. The van der Waals surface area contributed by atoms with Crippen LogP contribution in [-0.4, -0.2) is 29.9 Å². The van der Waals surface area contributed by atoms with Crippen molar-refractivity contribution in [2.24, 2.45) is 0 Å². The van der Waals surface area contributed by atoms with Crippen LogP contribution in [0.15, 0.2) is 24.3 Å². The van der Waals surface area contributed by atoms with Crippen molar-refractivity contribution in [1.29, 1.82) is 0 Å². The summed E-state index contributed by atoms with van der Waals surface area (Å²) >= 11 is 0. The molecule has 2 rings (SSSR count). The van der Waals surface area contributed by atoms with Crippen LogP contribution in [0.25, 0.3) is 0 Å². The first kappa shape index (κ1) is 13.1. The van der Waals surface area contributed by atoms with Gasteiger partial charge in [0.2, 0.25) is 0 Å². The Morgan fingerprint density at radius 3 is 2.61 bits per heavy atom. The molecule has 1 N–H and O–H groups in total. The van der Waals surface area contributed by atoms with Crippen LogP contribution in [0.2, 0.25) is 0 Å². The number of likely N-dealkylation sites (tertiary alicyclic amines) is 1. The molecule has 1 heterocycles. The second kappa shape index (κ2) is 6.01. The summed E-state index contributed by atoms with van der Waals surface area (Å²) in [6.45, 7) is 6.80. The van der Waals surface area contributed by atoms with Crippen molar-refractivity contribution >= 4 is 5.91 Å². The van der Waals surface area contributed by atoms with Crippen molar-refractivity contribution in [2.75, 3.05) is 13.1 Å². The van der Waals surface area contributed by atoms with Gasteiger partial charge in [-0.3, -0.25) is 4.79 Å². The number of carbonyl (C=O) groups excluding carboxylic acids is 1. The van der Waals surface area contributed by atoms with E-state index in [0.29, 0.717) is 6.04 Å². The van der Waals surface area contributed by atoms with E-state index < -0.39 is 0 Å². The number of hydrogen-bond donors (Lipinski definition) is 1. The Balaban J connectivity index is 2.13. The van der Waals surface area contributed by atoms with Gasteiger partial charge in [0, 0.05) is 31.2 Å². The lowest BCUT2D eigenvalue weighted by Gasteiger charge is -2.18. The number of hydrogen-bond acceptors (Lipinski definition) is 2. The predicted octanol–water partition coefficient (Wildman–Crippen LogP) is 2.42. The molecule has 3 nitrogen and oxygen atoms in total. The summed E-state index contributed by atoms with van der Waals surface area (Å²) in [4.78, 5) is 14.4. The SMILES string of the molecule is CC(C)NCc1ccccc1C(=O)N1CCCC1. The molecule has 0 aliphatic carbocycles.